The third kappa shape index (κ3) is 5.10. The molecule has 2 amide bonds. The molecule has 0 spiro atoms. The molecular weight excluding hydrogens is 426 g/mol. The third-order valence-electron chi connectivity index (χ3n) is 5.09. The largest absolute Gasteiger partial charge is 0.497 e. The number of hydrogen-bond acceptors (Lipinski definition) is 3. The number of methoxy groups -OCH3 is 1. The molecule has 0 aliphatic heterocycles. The molecule has 0 bridgehead atoms. The number of anilines is 1. The summed E-state index contributed by atoms with van der Waals surface area (Å²) in [7, 11) is 1.59. The van der Waals surface area contributed by atoms with Gasteiger partial charge in [-0.2, -0.15) is 0 Å². The molecule has 7 heteroatoms. The van der Waals surface area contributed by atoms with Gasteiger partial charge in [0.1, 0.15) is 5.75 Å². The number of para-hydroxylation sites is 1. The van der Waals surface area contributed by atoms with E-state index in [1.165, 1.54) is 0 Å². The maximum Gasteiger partial charge on any atom is 0.322 e. The Hall–Kier alpha value is -3.77. The molecule has 162 valence electrons. The van der Waals surface area contributed by atoms with Crippen LogP contribution in [0.1, 0.15) is 11.1 Å². The van der Waals surface area contributed by atoms with Crippen LogP contribution in [0.25, 0.3) is 10.9 Å². The van der Waals surface area contributed by atoms with Gasteiger partial charge in [0.05, 0.1) is 13.7 Å². The van der Waals surface area contributed by atoms with E-state index in [-0.39, 0.29) is 18.1 Å². The predicted octanol–water partition coefficient (Wildman–Crippen LogP) is 5.42. The molecule has 0 aliphatic rings. The number of benzene rings is 3. The second-order valence-corrected chi connectivity index (χ2v) is 7.79. The van der Waals surface area contributed by atoms with E-state index in [9.17, 15) is 9.59 Å². The molecular formula is C25H22ClN3O3. The van der Waals surface area contributed by atoms with E-state index < -0.39 is 0 Å². The highest BCUT2D eigenvalue weighted by molar-refractivity contribution is 6.30. The number of aromatic amines is 1. The van der Waals surface area contributed by atoms with Crippen molar-refractivity contribution < 1.29 is 9.53 Å². The number of fused-ring (bicyclic) bond motifs is 1. The smallest absolute Gasteiger partial charge is 0.322 e. The van der Waals surface area contributed by atoms with Crippen LogP contribution in [0.4, 0.5) is 10.5 Å². The van der Waals surface area contributed by atoms with Gasteiger partial charge in [0.15, 0.2) is 0 Å². The van der Waals surface area contributed by atoms with Crippen molar-refractivity contribution in [1.82, 2.24) is 9.88 Å². The Kier molecular flexibility index (Phi) is 6.42. The molecule has 0 fully saturated rings. The van der Waals surface area contributed by atoms with Crippen molar-refractivity contribution in [2.24, 2.45) is 0 Å². The fourth-order valence-electron chi connectivity index (χ4n) is 3.41. The van der Waals surface area contributed by atoms with Gasteiger partial charge in [0.2, 0.25) is 0 Å². The van der Waals surface area contributed by atoms with Crippen LogP contribution in [0.3, 0.4) is 0 Å². The highest BCUT2D eigenvalue weighted by atomic mass is 35.5. The van der Waals surface area contributed by atoms with Gasteiger partial charge in [-0.25, -0.2) is 4.79 Å². The second-order valence-electron chi connectivity index (χ2n) is 7.36. The molecule has 2 N–H and O–H groups in total. The van der Waals surface area contributed by atoms with Crippen LogP contribution in [-0.2, 0) is 13.1 Å². The Morgan fingerprint density at radius 1 is 1.00 bits per heavy atom. The summed E-state index contributed by atoms with van der Waals surface area (Å²) in [6.07, 6.45) is 0. The summed E-state index contributed by atoms with van der Waals surface area (Å²) >= 11 is 6.00. The minimum atomic E-state index is -0.309. The molecule has 0 aliphatic carbocycles. The average molecular weight is 448 g/mol. The Morgan fingerprint density at radius 2 is 1.75 bits per heavy atom. The van der Waals surface area contributed by atoms with Gasteiger partial charge in [0.25, 0.3) is 5.56 Å². The Balaban J connectivity index is 1.65. The first-order valence-corrected chi connectivity index (χ1v) is 10.4. The van der Waals surface area contributed by atoms with Crippen molar-refractivity contribution in [3.05, 3.63) is 105 Å². The van der Waals surface area contributed by atoms with Crippen molar-refractivity contribution >= 4 is 34.2 Å². The summed E-state index contributed by atoms with van der Waals surface area (Å²) in [6, 6.07) is 23.4. The molecule has 0 saturated heterocycles. The molecule has 4 aromatic rings. The predicted molar refractivity (Wildman–Crippen MR) is 127 cm³/mol. The number of carbonyl (C=O) groups is 1. The fourth-order valence-corrected chi connectivity index (χ4v) is 3.54. The van der Waals surface area contributed by atoms with Crippen LogP contribution in [0, 0.1) is 0 Å². The number of ether oxygens (including phenoxy) is 1. The first-order valence-electron chi connectivity index (χ1n) is 10.1. The molecule has 0 atom stereocenters. The number of hydrogen-bond donors (Lipinski definition) is 2. The average Bonchev–Trinajstić information content (AvgIpc) is 2.80. The molecule has 32 heavy (non-hydrogen) atoms. The molecule has 3 aromatic carbocycles. The first kappa shape index (κ1) is 21.5. The van der Waals surface area contributed by atoms with Crippen molar-refractivity contribution in [2.45, 2.75) is 13.1 Å². The number of carbonyl (C=O) groups excluding carboxylic acids is 1. The summed E-state index contributed by atoms with van der Waals surface area (Å²) in [5, 5.41) is 4.34. The lowest BCUT2D eigenvalue weighted by Gasteiger charge is -2.23. The quantitative estimate of drug-likeness (QED) is 0.414. The highest BCUT2D eigenvalue weighted by Gasteiger charge is 2.17. The van der Waals surface area contributed by atoms with Gasteiger partial charge in [-0.15, -0.1) is 0 Å². The van der Waals surface area contributed by atoms with Crippen LogP contribution < -0.4 is 15.6 Å². The van der Waals surface area contributed by atoms with Crippen molar-refractivity contribution in [2.75, 3.05) is 12.4 Å². The van der Waals surface area contributed by atoms with Crippen LogP contribution >= 0.6 is 11.6 Å². The topological polar surface area (TPSA) is 74.4 Å². The molecule has 0 unspecified atom stereocenters. The Morgan fingerprint density at radius 3 is 2.47 bits per heavy atom. The van der Waals surface area contributed by atoms with E-state index in [1.807, 2.05) is 48.5 Å². The van der Waals surface area contributed by atoms with Crippen molar-refractivity contribution in [1.29, 1.82) is 0 Å². The Bertz CT molecular complexity index is 1290. The van der Waals surface area contributed by atoms with E-state index in [0.29, 0.717) is 34.1 Å². The van der Waals surface area contributed by atoms with Gasteiger partial charge in [-0.05, 0) is 54.1 Å². The molecule has 4 rings (SSSR count). The van der Waals surface area contributed by atoms with E-state index in [4.69, 9.17) is 16.3 Å². The van der Waals surface area contributed by atoms with Gasteiger partial charge in [0, 0.05) is 33.7 Å². The number of nitrogens with one attached hydrogen (secondary N) is 2. The zero-order valence-electron chi connectivity index (χ0n) is 17.5. The number of nitrogens with zero attached hydrogens (tertiary/aromatic N) is 1. The second kappa shape index (κ2) is 9.58. The number of halogens is 1. The van der Waals surface area contributed by atoms with E-state index in [1.54, 1.807) is 42.3 Å². The Labute approximate surface area is 190 Å². The number of aromatic nitrogens is 1. The van der Waals surface area contributed by atoms with E-state index in [0.717, 1.165) is 10.9 Å². The molecule has 1 heterocycles. The van der Waals surface area contributed by atoms with E-state index in [2.05, 4.69) is 10.3 Å². The SMILES string of the molecule is COc1ccc2[nH]c(=O)c(CN(Cc3ccc(Cl)cc3)C(=O)Nc3ccccc3)cc2c1. The monoisotopic (exact) mass is 447 g/mol. The number of urea groups is 1. The van der Waals surface area contributed by atoms with Crippen LogP contribution in [0.5, 0.6) is 5.75 Å². The number of rotatable bonds is 6. The summed E-state index contributed by atoms with van der Waals surface area (Å²) in [5.74, 6) is 0.690. The van der Waals surface area contributed by atoms with Crippen molar-refractivity contribution in [3.63, 3.8) is 0 Å². The maximum absolute atomic E-state index is 13.1. The number of amides is 2. The fraction of sp³-hybridized carbons (Fsp3) is 0.120. The number of pyridine rings is 1. The lowest BCUT2D eigenvalue weighted by Crippen LogP contribution is -2.35. The third-order valence-corrected chi connectivity index (χ3v) is 5.34. The number of H-pyrrole nitrogens is 1. The minimum Gasteiger partial charge on any atom is -0.497 e. The zero-order chi connectivity index (χ0) is 22.5. The summed E-state index contributed by atoms with van der Waals surface area (Å²) in [6.45, 7) is 0.440. The van der Waals surface area contributed by atoms with Gasteiger partial charge in [-0.1, -0.05) is 41.9 Å². The van der Waals surface area contributed by atoms with Crippen LogP contribution in [-0.4, -0.2) is 23.0 Å². The van der Waals surface area contributed by atoms with Gasteiger partial charge >= 0.3 is 6.03 Å². The van der Waals surface area contributed by atoms with Gasteiger partial charge in [-0.3, -0.25) is 4.79 Å². The first-order chi connectivity index (χ1) is 15.5. The summed E-state index contributed by atoms with van der Waals surface area (Å²) < 4.78 is 5.29. The lowest BCUT2D eigenvalue weighted by atomic mass is 10.1. The minimum absolute atomic E-state index is 0.129. The van der Waals surface area contributed by atoms with Crippen molar-refractivity contribution in [3.8, 4) is 5.75 Å². The maximum atomic E-state index is 13.1. The molecule has 1 aromatic heterocycles. The molecule has 0 saturated carbocycles. The highest BCUT2D eigenvalue weighted by Crippen LogP contribution is 2.20. The molecule has 0 radical (unpaired) electrons. The normalized spacial score (nSPS) is 10.7. The molecule has 6 nitrogen and oxygen atoms in total. The standard InChI is InChI=1S/C25H22ClN3O3/c1-32-22-11-12-23-18(14-22)13-19(24(30)28-23)16-29(15-17-7-9-20(26)10-8-17)25(31)27-21-5-3-2-4-6-21/h2-14H,15-16H2,1H3,(H,27,31)(H,28,30). The lowest BCUT2D eigenvalue weighted by molar-refractivity contribution is 0.206. The van der Waals surface area contributed by atoms with Crippen LogP contribution in [0.15, 0.2) is 83.7 Å². The van der Waals surface area contributed by atoms with Crippen LogP contribution in [0.2, 0.25) is 5.02 Å². The van der Waals surface area contributed by atoms with Gasteiger partial charge < -0.3 is 19.9 Å². The summed E-state index contributed by atoms with van der Waals surface area (Å²) in [4.78, 5) is 30.3. The summed E-state index contributed by atoms with van der Waals surface area (Å²) in [5.41, 5.74) is 2.52. The van der Waals surface area contributed by atoms with E-state index >= 15 is 0 Å². The zero-order valence-corrected chi connectivity index (χ0v) is 18.2.